The van der Waals surface area contributed by atoms with Crippen molar-refractivity contribution in [2.24, 2.45) is 0 Å². The van der Waals surface area contributed by atoms with Crippen LogP contribution in [0.15, 0.2) is 84.9 Å². The fourth-order valence-electron chi connectivity index (χ4n) is 6.01. The van der Waals surface area contributed by atoms with Crippen LogP contribution in [0.1, 0.15) is 45.2 Å². The van der Waals surface area contributed by atoms with E-state index >= 15 is 0 Å². The lowest BCUT2D eigenvalue weighted by Gasteiger charge is -2.25. The number of hydrogen-bond acceptors (Lipinski definition) is 5. The molecule has 4 aromatic carbocycles. The number of thiophene rings is 1. The molecular weight excluding hydrogens is 484 g/mol. The number of benzene rings is 4. The van der Waals surface area contributed by atoms with Crippen LogP contribution in [-0.4, -0.2) is 9.85 Å². The van der Waals surface area contributed by atoms with Gasteiger partial charge in [0.05, 0.1) is 21.0 Å². The smallest absolute Gasteiger partial charge is 0.258 e. The lowest BCUT2D eigenvalue weighted by molar-refractivity contribution is -0.383. The minimum Gasteiger partial charge on any atom is -0.258 e. The van der Waals surface area contributed by atoms with Crippen molar-refractivity contribution in [1.29, 1.82) is 0 Å². The topological polar surface area (TPSA) is 86.3 Å². The maximum atomic E-state index is 12.4. The van der Waals surface area contributed by atoms with Crippen LogP contribution in [0.2, 0.25) is 0 Å². The first-order valence-corrected chi connectivity index (χ1v) is 12.7. The first-order chi connectivity index (χ1) is 18.0. The highest BCUT2D eigenvalue weighted by Crippen LogP contribution is 2.54. The Morgan fingerprint density at radius 3 is 1.41 bits per heavy atom. The van der Waals surface area contributed by atoms with Gasteiger partial charge in [0.15, 0.2) is 0 Å². The molecule has 7 heteroatoms. The van der Waals surface area contributed by atoms with E-state index in [1.54, 1.807) is 0 Å². The first-order valence-electron chi connectivity index (χ1n) is 11.9. The summed E-state index contributed by atoms with van der Waals surface area (Å²) >= 11 is 0.665. The Morgan fingerprint density at radius 1 is 0.595 bits per heavy atom. The maximum absolute atomic E-state index is 12.4. The number of rotatable bonds is 4. The lowest BCUT2D eigenvalue weighted by atomic mass is 9.76. The van der Waals surface area contributed by atoms with Crippen LogP contribution in [0, 0.1) is 20.2 Å². The third kappa shape index (κ3) is 3.11. The number of nitro groups is 2. The van der Waals surface area contributed by atoms with E-state index in [1.807, 2.05) is 97.1 Å². The molecule has 5 aromatic rings. The second-order valence-electron chi connectivity index (χ2n) is 9.31. The molecule has 0 N–H and O–H groups in total. The maximum Gasteiger partial charge on any atom is 0.334 e. The summed E-state index contributed by atoms with van der Waals surface area (Å²) in [6.07, 6.45) is 7.84. The molecule has 0 bridgehead atoms. The molecule has 2 unspecified atom stereocenters. The summed E-state index contributed by atoms with van der Waals surface area (Å²) in [5.41, 5.74) is 4.73. The zero-order chi connectivity index (χ0) is 25.3. The van der Waals surface area contributed by atoms with Gasteiger partial charge in [0, 0.05) is 23.2 Å². The summed E-state index contributed by atoms with van der Waals surface area (Å²) in [5.74, 6) is -0.965. The molecule has 37 heavy (non-hydrogen) atoms. The SMILES string of the molecule is O=[N+]([O-])c1sc([N+](=O)[O-])c(C2C=Cc3cccc4cccc2c34)c1C1C=Cc2cccc3cccc1c23. The van der Waals surface area contributed by atoms with Crippen molar-refractivity contribution in [2.75, 3.05) is 0 Å². The van der Waals surface area contributed by atoms with Crippen molar-refractivity contribution in [3.05, 3.63) is 139 Å². The molecule has 0 saturated heterocycles. The van der Waals surface area contributed by atoms with Crippen LogP contribution < -0.4 is 0 Å². The minimum atomic E-state index is -0.483. The van der Waals surface area contributed by atoms with Gasteiger partial charge in [-0.1, -0.05) is 97.1 Å². The van der Waals surface area contributed by atoms with Gasteiger partial charge in [-0.25, -0.2) is 0 Å². The molecule has 2 aliphatic rings. The predicted molar refractivity (Wildman–Crippen MR) is 147 cm³/mol. The highest BCUT2D eigenvalue weighted by atomic mass is 32.1. The van der Waals surface area contributed by atoms with E-state index in [4.69, 9.17) is 0 Å². The van der Waals surface area contributed by atoms with Crippen LogP contribution >= 0.6 is 11.3 Å². The molecule has 2 aliphatic carbocycles. The third-order valence-corrected chi connectivity index (χ3v) is 8.57. The van der Waals surface area contributed by atoms with Gasteiger partial charge >= 0.3 is 10.0 Å². The molecule has 1 aromatic heterocycles. The highest BCUT2D eigenvalue weighted by Gasteiger charge is 2.41. The Labute approximate surface area is 215 Å². The molecule has 0 fully saturated rings. The predicted octanol–water partition coefficient (Wildman–Crippen LogP) is 8.19. The Kier molecular flexibility index (Phi) is 4.65. The second-order valence-corrected chi connectivity index (χ2v) is 10.3. The highest BCUT2D eigenvalue weighted by molar-refractivity contribution is 7.18. The molecule has 2 atom stereocenters. The lowest BCUT2D eigenvalue weighted by Crippen LogP contribution is -2.11. The zero-order valence-corrected chi connectivity index (χ0v) is 20.1. The third-order valence-electron chi connectivity index (χ3n) is 7.44. The van der Waals surface area contributed by atoms with Gasteiger partial charge < -0.3 is 0 Å². The van der Waals surface area contributed by atoms with E-state index in [-0.39, 0.29) is 10.0 Å². The molecule has 0 saturated carbocycles. The molecule has 0 spiro atoms. The molecule has 0 amide bonds. The largest absolute Gasteiger partial charge is 0.334 e. The van der Waals surface area contributed by atoms with Crippen molar-refractivity contribution < 1.29 is 9.85 Å². The summed E-state index contributed by atoms with van der Waals surface area (Å²) in [5, 5.41) is 28.5. The van der Waals surface area contributed by atoms with Crippen molar-refractivity contribution in [3.8, 4) is 0 Å². The monoisotopic (exact) mass is 502 g/mol. The standard InChI is InChI=1S/C30H18N2O4S/c33-31(34)29-27(23-15-13-19-7-1-5-17-9-3-11-21(23)25(17)19)28(30(37-29)32(35)36)24-16-14-20-8-2-6-18-10-4-12-22(24)26(18)20/h1-16,23-24H. The van der Waals surface area contributed by atoms with Crippen molar-refractivity contribution in [1.82, 2.24) is 0 Å². The van der Waals surface area contributed by atoms with Gasteiger partial charge in [0.1, 0.15) is 0 Å². The quantitative estimate of drug-likeness (QED) is 0.183. The van der Waals surface area contributed by atoms with Gasteiger partial charge in [-0.15, -0.1) is 0 Å². The molecule has 7 rings (SSSR count). The van der Waals surface area contributed by atoms with E-state index in [0.29, 0.717) is 22.5 Å². The normalized spacial score (nSPS) is 17.4. The number of allylic oxidation sites excluding steroid dienone is 2. The Bertz CT molecular complexity index is 1720. The summed E-state index contributed by atoms with van der Waals surface area (Å²) in [6, 6.07) is 23.9. The molecule has 0 aliphatic heterocycles. The van der Waals surface area contributed by atoms with E-state index < -0.39 is 21.7 Å². The Morgan fingerprint density at radius 2 is 1.00 bits per heavy atom. The van der Waals surface area contributed by atoms with Crippen LogP contribution in [0.4, 0.5) is 10.0 Å². The van der Waals surface area contributed by atoms with Gasteiger partial charge in [0.2, 0.25) is 0 Å². The van der Waals surface area contributed by atoms with Crippen LogP contribution in [0.25, 0.3) is 33.7 Å². The van der Waals surface area contributed by atoms with Crippen LogP contribution in [0.5, 0.6) is 0 Å². The molecule has 0 radical (unpaired) electrons. The fourth-order valence-corrected chi connectivity index (χ4v) is 7.04. The average molecular weight is 503 g/mol. The molecule has 6 nitrogen and oxygen atoms in total. The summed E-state index contributed by atoms with van der Waals surface area (Å²) in [7, 11) is 0. The first kappa shape index (κ1) is 21.6. The summed E-state index contributed by atoms with van der Waals surface area (Å²) in [4.78, 5) is 23.8. The van der Waals surface area contributed by atoms with Crippen LogP contribution in [-0.2, 0) is 0 Å². The van der Waals surface area contributed by atoms with E-state index in [9.17, 15) is 20.2 Å². The van der Waals surface area contributed by atoms with E-state index in [0.717, 1.165) is 43.8 Å². The Hall–Kier alpha value is -4.62. The van der Waals surface area contributed by atoms with Gasteiger partial charge in [-0.3, -0.25) is 20.2 Å². The van der Waals surface area contributed by atoms with Crippen molar-refractivity contribution in [2.45, 2.75) is 11.8 Å². The molecule has 1 heterocycles. The number of nitrogens with zero attached hydrogens (tertiary/aromatic N) is 2. The van der Waals surface area contributed by atoms with Gasteiger partial charge in [-0.05, 0) is 43.8 Å². The van der Waals surface area contributed by atoms with Crippen LogP contribution in [0.3, 0.4) is 0 Å². The molecular formula is C30H18N2O4S. The van der Waals surface area contributed by atoms with E-state index in [2.05, 4.69) is 0 Å². The Balaban J connectivity index is 1.55. The fraction of sp³-hybridized carbons (Fsp3) is 0.0667. The summed E-state index contributed by atoms with van der Waals surface area (Å²) in [6.45, 7) is 0. The average Bonchev–Trinajstić information content (AvgIpc) is 3.31. The minimum absolute atomic E-state index is 0.174. The van der Waals surface area contributed by atoms with E-state index in [1.165, 1.54) is 0 Å². The van der Waals surface area contributed by atoms with Crippen molar-refractivity contribution >= 4 is 55.0 Å². The second kappa shape index (κ2) is 7.94. The van der Waals surface area contributed by atoms with Gasteiger partial charge in [0.25, 0.3) is 0 Å². The zero-order valence-electron chi connectivity index (χ0n) is 19.3. The summed E-state index contributed by atoms with van der Waals surface area (Å²) < 4.78 is 0. The molecule has 178 valence electrons. The van der Waals surface area contributed by atoms with Crippen molar-refractivity contribution in [3.63, 3.8) is 0 Å². The number of hydrogen-bond donors (Lipinski definition) is 0. The van der Waals surface area contributed by atoms with Gasteiger partial charge in [-0.2, -0.15) is 0 Å².